The maximum atomic E-state index is 10.8. The van der Waals surface area contributed by atoms with Gasteiger partial charge in [0.1, 0.15) is 0 Å². The molecule has 0 aliphatic rings. The van der Waals surface area contributed by atoms with Gasteiger partial charge in [0.25, 0.3) is 5.91 Å². The predicted octanol–water partition coefficient (Wildman–Crippen LogP) is -0.774. The lowest BCUT2D eigenvalue weighted by Gasteiger charge is -2.10. The Morgan fingerprint density at radius 1 is 1.62 bits per heavy atom. The summed E-state index contributed by atoms with van der Waals surface area (Å²) in [6.07, 6.45) is 0. The number of ether oxygens (including phenoxy) is 1. The molecule has 1 unspecified atom stereocenters. The molecule has 0 bridgehead atoms. The average molecular weight is 185 g/mol. The molecule has 0 radical (unpaired) electrons. The summed E-state index contributed by atoms with van der Waals surface area (Å²) in [5.41, 5.74) is 0. The number of carbonyl (C=O) groups excluding carboxylic acids is 1. The lowest BCUT2D eigenvalue weighted by molar-refractivity contribution is -0.142. The van der Waals surface area contributed by atoms with Crippen LogP contribution in [0.1, 0.15) is 6.92 Å². The number of carboxylic acids is 1. The van der Waals surface area contributed by atoms with Gasteiger partial charge >= 0.3 is 5.97 Å². The van der Waals surface area contributed by atoms with E-state index in [-0.39, 0.29) is 6.61 Å². The van der Waals surface area contributed by atoms with E-state index in [1.54, 1.807) is 0 Å². The maximum absolute atomic E-state index is 10.8. The van der Waals surface area contributed by atoms with Gasteiger partial charge in [0.15, 0.2) is 6.04 Å². The fraction of sp³-hybridized carbons (Fsp3) is 0.500. The van der Waals surface area contributed by atoms with E-state index in [9.17, 15) is 9.59 Å². The number of nitrogens with one attached hydrogen (secondary N) is 1. The molecule has 1 amide bonds. The van der Waals surface area contributed by atoms with E-state index in [0.29, 0.717) is 0 Å². The van der Waals surface area contributed by atoms with Gasteiger partial charge in [-0.3, -0.25) is 4.79 Å². The minimum atomic E-state index is -1.15. The molecule has 0 saturated heterocycles. The number of carboxylic acid groups (broad SMARTS) is 1. The Hall–Kier alpha value is -1.54. The molecule has 0 aromatic carbocycles. The first kappa shape index (κ1) is 11.5. The van der Waals surface area contributed by atoms with Crippen molar-refractivity contribution in [2.45, 2.75) is 13.0 Å². The number of amides is 1. The average Bonchev–Trinajstić information content (AvgIpc) is 2.04. The van der Waals surface area contributed by atoms with Crippen molar-refractivity contribution in [3.05, 3.63) is 0 Å². The Labute approximate surface area is 76.1 Å². The van der Waals surface area contributed by atoms with Crippen LogP contribution >= 0.6 is 0 Å². The summed E-state index contributed by atoms with van der Waals surface area (Å²) in [7, 11) is 1.35. The van der Waals surface area contributed by atoms with Gasteiger partial charge in [0.05, 0.1) is 6.61 Å². The molecule has 0 aliphatic heterocycles. The van der Waals surface area contributed by atoms with Crippen LogP contribution in [-0.4, -0.2) is 36.7 Å². The molecule has 0 aromatic rings. The molecule has 0 fully saturated rings. The van der Waals surface area contributed by atoms with E-state index in [2.05, 4.69) is 21.9 Å². The SMILES string of the molecule is CC#CC(=O)NC(COC)C(=O)O. The second kappa shape index (κ2) is 6.03. The van der Waals surface area contributed by atoms with Crippen molar-refractivity contribution in [2.24, 2.45) is 0 Å². The molecule has 13 heavy (non-hydrogen) atoms. The van der Waals surface area contributed by atoms with Crippen molar-refractivity contribution in [3.8, 4) is 11.8 Å². The summed E-state index contributed by atoms with van der Waals surface area (Å²) < 4.78 is 4.60. The molecule has 0 spiro atoms. The fourth-order valence-electron chi connectivity index (χ4n) is 0.649. The fourth-order valence-corrected chi connectivity index (χ4v) is 0.649. The highest BCUT2D eigenvalue weighted by Gasteiger charge is 2.18. The summed E-state index contributed by atoms with van der Waals surface area (Å²) in [4.78, 5) is 21.3. The zero-order valence-corrected chi connectivity index (χ0v) is 7.46. The van der Waals surface area contributed by atoms with Crippen LogP contribution in [0.25, 0.3) is 0 Å². The quantitative estimate of drug-likeness (QED) is 0.564. The third-order valence-corrected chi connectivity index (χ3v) is 1.18. The molecular weight excluding hydrogens is 174 g/mol. The van der Waals surface area contributed by atoms with Crippen LogP contribution in [0, 0.1) is 11.8 Å². The van der Waals surface area contributed by atoms with Crippen LogP contribution in [0.15, 0.2) is 0 Å². The van der Waals surface area contributed by atoms with Crippen LogP contribution in [0.5, 0.6) is 0 Å². The summed E-state index contributed by atoms with van der Waals surface area (Å²) >= 11 is 0. The topological polar surface area (TPSA) is 75.6 Å². The van der Waals surface area contributed by atoms with Crippen LogP contribution in [0.4, 0.5) is 0 Å². The largest absolute Gasteiger partial charge is 0.480 e. The Morgan fingerprint density at radius 2 is 2.23 bits per heavy atom. The first-order valence-corrected chi connectivity index (χ1v) is 3.56. The van der Waals surface area contributed by atoms with Gasteiger partial charge in [-0.1, -0.05) is 5.92 Å². The summed E-state index contributed by atoms with van der Waals surface area (Å²) in [6, 6.07) is -1.04. The van der Waals surface area contributed by atoms with E-state index in [1.807, 2.05) is 0 Å². The highest BCUT2D eigenvalue weighted by molar-refractivity contribution is 5.95. The lowest BCUT2D eigenvalue weighted by Crippen LogP contribution is -2.43. The van der Waals surface area contributed by atoms with Crippen molar-refractivity contribution in [1.82, 2.24) is 5.32 Å². The molecule has 0 saturated carbocycles. The highest BCUT2D eigenvalue weighted by atomic mass is 16.5. The van der Waals surface area contributed by atoms with Crippen molar-refractivity contribution in [2.75, 3.05) is 13.7 Å². The van der Waals surface area contributed by atoms with Crippen LogP contribution in [0.2, 0.25) is 0 Å². The van der Waals surface area contributed by atoms with E-state index in [0.717, 1.165) is 0 Å². The normalized spacial score (nSPS) is 10.9. The molecule has 0 rings (SSSR count). The van der Waals surface area contributed by atoms with Gasteiger partial charge in [-0.05, 0) is 12.8 Å². The van der Waals surface area contributed by atoms with Gasteiger partial charge in [-0.2, -0.15) is 0 Å². The number of methoxy groups -OCH3 is 1. The lowest BCUT2D eigenvalue weighted by atomic mass is 10.3. The van der Waals surface area contributed by atoms with E-state index in [4.69, 9.17) is 5.11 Å². The predicted molar refractivity (Wildman–Crippen MR) is 44.9 cm³/mol. The van der Waals surface area contributed by atoms with Crippen LogP contribution in [0.3, 0.4) is 0 Å². The molecule has 5 nitrogen and oxygen atoms in total. The molecule has 72 valence electrons. The minimum absolute atomic E-state index is 0.0769. The van der Waals surface area contributed by atoms with E-state index in [1.165, 1.54) is 14.0 Å². The van der Waals surface area contributed by atoms with Gasteiger partial charge < -0.3 is 15.2 Å². The van der Waals surface area contributed by atoms with E-state index < -0.39 is 17.9 Å². The Morgan fingerprint density at radius 3 is 2.62 bits per heavy atom. The van der Waals surface area contributed by atoms with Crippen molar-refractivity contribution < 1.29 is 19.4 Å². The molecule has 2 N–H and O–H groups in total. The first-order valence-electron chi connectivity index (χ1n) is 3.56. The van der Waals surface area contributed by atoms with E-state index >= 15 is 0 Å². The summed E-state index contributed by atoms with van der Waals surface area (Å²) in [5.74, 6) is 2.76. The van der Waals surface area contributed by atoms with Crippen molar-refractivity contribution in [3.63, 3.8) is 0 Å². The van der Waals surface area contributed by atoms with Gasteiger partial charge in [0, 0.05) is 7.11 Å². The zero-order valence-electron chi connectivity index (χ0n) is 7.46. The molecule has 1 atom stereocenters. The second-order valence-electron chi connectivity index (χ2n) is 2.19. The molecule has 0 aromatic heterocycles. The molecular formula is C8H11NO4. The third-order valence-electron chi connectivity index (χ3n) is 1.18. The van der Waals surface area contributed by atoms with Gasteiger partial charge in [0.2, 0.25) is 0 Å². The Bertz CT molecular complexity index is 251. The zero-order chi connectivity index (χ0) is 10.3. The van der Waals surface area contributed by atoms with Gasteiger partial charge in [-0.15, -0.1) is 0 Å². The van der Waals surface area contributed by atoms with Crippen LogP contribution in [-0.2, 0) is 14.3 Å². The molecule has 5 heteroatoms. The first-order chi connectivity index (χ1) is 6.11. The number of hydrogen-bond donors (Lipinski definition) is 2. The Kier molecular flexibility index (Phi) is 5.32. The Balaban J connectivity index is 4.14. The van der Waals surface area contributed by atoms with Crippen LogP contribution < -0.4 is 5.32 Å². The van der Waals surface area contributed by atoms with Crippen molar-refractivity contribution in [1.29, 1.82) is 0 Å². The third kappa shape index (κ3) is 4.82. The standard InChI is InChI=1S/C8H11NO4/c1-3-4-7(10)9-6(5-13-2)8(11)12/h6H,5H2,1-2H3,(H,9,10)(H,11,12). The molecule has 0 aliphatic carbocycles. The number of carbonyl (C=O) groups is 2. The second-order valence-corrected chi connectivity index (χ2v) is 2.19. The van der Waals surface area contributed by atoms with Crippen molar-refractivity contribution >= 4 is 11.9 Å². The molecule has 0 heterocycles. The summed E-state index contributed by atoms with van der Waals surface area (Å²) in [6.45, 7) is 1.41. The maximum Gasteiger partial charge on any atom is 0.328 e. The number of rotatable bonds is 4. The summed E-state index contributed by atoms with van der Waals surface area (Å²) in [5, 5.41) is 10.8. The smallest absolute Gasteiger partial charge is 0.328 e. The van der Waals surface area contributed by atoms with Gasteiger partial charge in [-0.25, -0.2) is 4.79 Å². The minimum Gasteiger partial charge on any atom is -0.480 e. The highest BCUT2D eigenvalue weighted by Crippen LogP contribution is 1.84. The number of hydrogen-bond acceptors (Lipinski definition) is 3. The number of aliphatic carboxylic acids is 1. The monoisotopic (exact) mass is 185 g/mol.